The third-order valence-corrected chi connectivity index (χ3v) is 6.06. The molecule has 0 saturated carbocycles. The number of hydrogen-bond donors (Lipinski definition) is 0. The van der Waals surface area contributed by atoms with Crippen molar-refractivity contribution in [3.8, 4) is 22.1 Å². The Morgan fingerprint density at radius 3 is 2.72 bits per heavy atom. The molecule has 0 aliphatic carbocycles. The molecule has 0 radical (unpaired) electrons. The maximum Gasteiger partial charge on any atom is 0.267 e. The van der Waals surface area contributed by atoms with Crippen molar-refractivity contribution >= 4 is 17.2 Å². The van der Waals surface area contributed by atoms with Gasteiger partial charge in [0.05, 0.1) is 10.6 Å². The number of thiophene rings is 1. The van der Waals surface area contributed by atoms with Gasteiger partial charge in [-0.3, -0.25) is 9.69 Å². The molecule has 2 aromatic heterocycles. The molecule has 1 saturated heterocycles. The zero-order chi connectivity index (χ0) is 19.6. The largest absolute Gasteiger partial charge is 0.485 e. The Morgan fingerprint density at radius 1 is 1.10 bits per heavy atom. The van der Waals surface area contributed by atoms with Gasteiger partial charge in [0.1, 0.15) is 6.61 Å². The molecule has 1 atom stereocenters. The van der Waals surface area contributed by atoms with Crippen LogP contribution in [0.1, 0.15) is 5.69 Å². The van der Waals surface area contributed by atoms with Gasteiger partial charge in [0.15, 0.2) is 17.3 Å². The van der Waals surface area contributed by atoms with Crippen molar-refractivity contribution < 1.29 is 18.8 Å². The van der Waals surface area contributed by atoms with Crippen LogP contribution in [0.25, 0.3) is 10.6 Å². The summed E-state index contributed by atoms with van der Waals surface area (Å²) in [6.07, 6.45) is -0.583. The Balaban J connectivity index is 1.14. The van der Waals surface area contributed by atoms with Crippen LogP contribution >= 0.6 is 11.3 Å². The van der Waals surface area contributed by atoms with Gasteiger partial charge in [-0.1, -0.05) is 23.4 Å². The standard InChI is InChI=1S/C21H21N3O4S/c25-21(19-14-26-16-4-1-2-5-17(16)27-19)24-9-7-23(8-10-24)13-15-12-18(28-22-15)20-6-3-11-29-20/h1-6,11-12,19H,7-10,13-14H2. The lowest BCUT2D eigenvalue weighted by atomic mass is 10.2. The van der Waals surface area contributed by atoms with Gasteiger partial charge < -0.3 is 18.9 Å². The Morgan fingerprint density at radius 2 is 1.93 bits per heavy atom. The minimum Gasteiger partial charge on any atom is -0.485 e. The second kappa shape index (κ2) is 7.88. The molecule has 1 aromatic carbocycles. The number of carbonyl (C=O) groups is 1. The molecule has 1 fully saturated rings. The lowest BCUT2D eigenvalue weighted by Gasteiger charge is -2.36. The van der Waals surface area contributed by atoms with Crippen LogP contribution in [0.2, 0.25) is 0 Å². The number of rotatable bonds is 4. The number of benzene rings is 1. The molecular weight excluding hydrogens is 390 g/mol. The summed E-state index contributed by atoms with van der Waals surface area (Å²) >= 11 is 1.63. The van der Waals surface area contributed by atoms with Crippen molar-refractivity contribution in [3.05, 3.63) is 53.5 Å². The van der Waals surface area contributed by atoms with Crippen molar-refractivity contribution in [2.45, 2.75) is 12.6 Å². The number of ether oxygens (including phenoxy) is 2. The summed E-state index contributed by atoms with van der Waals surface area (Å²) in [7, 11) is 0. The molecule has 0 bridgehead atoms. The smallest absolute Gasteiger partial charge is 0.267 e. The third kappa shape index (κ3) is 3.86. The summed E-state index contributed by atoms with van der Waals surface area (Å²) in [6, 6.07) is 13.5. The van der Waals surface area contributed by atoms with Crippen LogP contribution < -0.4 is 9.47 Å². The van der Waals surface area contributed by atoms with E-state index >= 15 is 0 Å². The molecule has 3 aromatic rings. The maximum absolute atomic E-state index is 12.8. The SMILES string of the molecule is O=C(C1COc2ccccc2O1)N1CCN(Cc2cc(-c3cccs3)on2)CC1. The molecule has 4 heterocycles. The van der Waals surface area contributed by atoms with E-state index in [2.05, 4.69) is 10.1 Å². The zero-order valence-corrected chi connectivity index (χ0v) is 16.6. The topological polar surface area (TPSA) is 68.0 Å². The van der Waals surface area contributed by atoms with Crippen molar-refractivity contribution in [3.63, 3.8) is 0 Å². The number of para-hydroxylation sites is 2. The predicted molar refractivity (Wildman–Crippen MR) is 108 cm³/mol. The molecule has 2 aliphatic rings. The number of nitrogens with zero attached hydrogens (tertiary/aromatic N) is 3. The summed E-state index contributed by atoms with van der Waals surface area (Å²) in [5, 5.41) is 6.21. The highest BCUT2D eigenvalue weighted by molar-refractivity contribution is 7.13. The first kappa shape index (κ1) is 18.2. The molecular formula is C21H21N3O4S. The first-order valence-electron chi connectivity index (χ1n) is 9.65. The molecule has 1 unspecified atom stereocenters. The van der Waals surface area contributed by atoms with Gasteiger partial charge in [0.2, 0.25) is 6.10 Å². The second-order valence-corrected chi connectivity index (χ2v) is 8.07. The maximum atomic E-state index is 12.8. The van der Waals surface area contributed by atoms with Crippen molar-refractivity contribution in [1.82, 2.24) is 15.0 Å². The lowest BCUT2D eigenvalue weighted by Crippen LogP contribution is -2.53. The lowest BCUT2D eigenvalue weighted by molar-refractivity contribution is -0.143. The molecule has 150 valence electrons. The van der Waals surface area contributed by atoms with E-state index in [4.69, 9.17) is 14.0 Å². The quantitative estimate of drug-likeness (QED) is 0.658. The Bertz CT molecular complexity index is 979. The molecule has 0 spiro atoms. The van der Waals surface area contributed by atoms with E-state index in [-0.39, 0.29) is 12.5 Å². The van der Waals surface area contributed by atoms with E-state index in [1.54, 1.807) is 11.3 Å². The normalized spacial score (nSPS) is 19.3. The van der Waals surface area contributed by atoms with Crippen LogP contribution in [0.3, 0.4) is 0 Å². The number of carbonyl (C=O) groups excluding carboxylic acids is 1. The summed E-state index contributed by atoms with van der Waals surface area (Å²) in [5.41, 5.74) is 0.911. The van der Waals surface area contributed by atoms with Crippen LogP contribution in [-0.2, 0) is 11.3 Å². The van der Waals surface area contributed by atoms with Crippen LogP contribution in [0.5, 0.6) is 11.5 Å². The fourth-order valence-corrected chi connectivity index (χ4v) is 4.29. The van der Waals surface area contributed by atoms with Gasteiger partial charge in [-0.25, -0.2) is 0 Å². The Kier molecular flexibility index (Phi) is 4.95. The second-order valence-electron chi connectivity index (χ2n) is 7.13. The van der Waals surface area contributed by atoms with E-state index in [0.29, 0.717) is 31.1 Å². The summed E-state index contributed by atoms with van der Waals surface area (Å²) in [4.78, 5) is 18.1. The molecule has 8 heteroatoms. The van der Waals surface area contributed by atoms with Crippen LogP contribution in [0.15, 0.2) is 52.4 Å². The van der Waals surface area contributed by atoms with Crippen molar-refractivity contribution in [1.29, 1.82) is 0 Å². The van der Waals surface area contributed by atoms with Crippen molar-refractivity contribution in [2.24, 2.45) is 0 Å². The first-order valence-corrected chi connectivity index (χ1v) is 10.5. The van der Waals surface area contributed by atoms with Crippen LogP contribution in [0, 0.1) is 0 Å². The number of fused-ring (bicyclic) bond motifs is 1. The summed E-state index contributed by atoms with van der Waals surface area (Å²) < 4.78 is 17.0. The Labute approximate surface area is 172 Å². The fraction of sp³-hybridized carbons (Fsp3) is 0.333. The number of piperazine rings is 1. The average molecular weight is 411 g/mol. The van der Waals surface area contributed by atoms with Crippen molar-refractivity contribution in [2.75, 3.05) is 32.8 Å². The number of amides is 1. The molecule has 1 amide bonds. The van der Waals surface area contributed by atoms with Gasteiger partial charge in [-0.2, -0.15) is 0 Å². The summed E-state index contributed by atoms with van der Waals surface area (Å²) in [5.74, 6) is 2.11. The number of hydrogen-bond acceptors (Lipinski definition) is 7. The highest BCUT2D eigenvalue weighted by Crippen LogP contribution is 2.31. The van der Waals surface area contributed by atoms with Crippen LogP contribution in [-0.4, -0.2) is 59.8 Å². The third-order valence-electron chi connectivity index (χ3n) is 5.18. The molecule has 29 heavy (non-hydrogen) atoms. The van der Waals surface area contributed by atoms with E-state index in [1.807, 2.05) is 52.7 Å². The molecule has 2 aliphatic heterocycles. The monoisotopic (exact) mass is 411 g/mol. The minimum absolute atomic E-state index is 0.0134. The fourth-order valence-electron chi connectivity index (χ4n) is 3.62. The average Bonchev–Trinajstić information content (AvgIpc) is 3.45. The molecule has 7 nitrogen and oxygen atoms in total. The van der Waals surface area contributed by atoms with E-state index in [9.17, 15) is 4.79 Å². The van der Waals surface area contributed by atoms with E-state index < -0.39 is 6.10 Å². The van der Waals surface area contributed by atoms with Gasteiger partial charge in [-0.05, 0) is 23.6 Å². The van der Waals surface area contributed by atoms with E-state index in [0.717, 1.165) is 29.4 Å². The van der Waals surface area contributed by atoms with Gasteiger partial charge in [0, 0.05) is 38.8 Å². The van der Waals surface area contributed by atoms with E-state index in [1.165, 1.54) is 0 Å². The highest BCUT2D eigenvalue weighted by Gasteiger charge is 2.32. The van der Waals surface area contributed by atoms with Crippen LogP contribution in [0.4, 0.5) is 0 Å². The molecule has 0 N–H and O–H groups in total. The van der Waals surface area contributed by atoms with Gasteiger partial charge >= 0.3 is 0 Å². The van der Waals surface area contributed by atoms with Gasteiger partial charge in [0.25, 0.3) is 5.91 Å². The van der Waals surface area contributed by atoms with Gasteiger partial charge in [-0.15, -0.1) is 11.3 Å². The summed E-state index contributed by atoms with van der Waals surface area (Å²) in [6.45, 7) is 3.87. The predicted octanol–water partition coefficient (Wildman–Crippen LogP) is 2.89. The zero-order valence-electron chi connectivity index (χ0n) is 15.8. The molecule has 5 rings (SSSR count). The first-order chi connectivity index (χ1) is 14.3. The number of aromatic nitrogens is 1. The highest BCUT2D eigenvalue weighted by atomic mass is 32.1. The minimum atomic E-state index is -0.583. The Hall–Kier alpha value is -2.84.